The Hall–Kier alpha value is -1.52. The third-order valence-corrected chi connectivity index (χ3v) is 1.56. The Balaban J connectivity index is 3.15. The number of aromatic nitrogens is 1. The van der Waals surface area contributed by atoms with Gasteiger partial charge in [-0.25, -0.2) is 9.78 Å². The van der Waals surface area contributed by atoms with E-state index in [2.05, 4.69) is 4.98 Å². The van der Waals surface area contributed by atoms with E-state index in [1.807, 2.05) is 6.92 Å². The van der Waals surface area contributed by atoms with Gasteiger partial charge in [0.2, 0.25) is 11.6 Å². The van der Waals surface area contributed by atoms with Gasteiger partial charge in [0.05, 0.1) is 0 Å². The molecule has 0 aliphatic heterocycles. The minimum atomic E-state index is -1.06. The summed E-state index contributed by atoms with van der Waals surface area (Å²) >= 11 is 0. The summed E-state index contributed by atoms with van der Waals surface area (Å²) in [5, 5.41) is 8.77. The van der Waals surface area contributed by atoms with Crippen LogP contribution in [0.5, 0.6) is 0 Å². The maximum absolute atomic E-state index is 10.7. The monoisotopic (exact) mass is 184 g/mol. The second-order valence-corrected chi connectivity index (χ2v) is 2.81. The first kappa shape index (κ1) is 9.57. The molecule has 0 aliphatic carbocycles. The van der Waals surface area contributed by atoms with Gasteiger partial charge < -0.3 is 14.4 Å². The normalized spacial score (nSPS) is 10.1. The van der Waals surface area contributed by atoms with E-state index in [4.69, 9.17) is 9.52 Å². The molecule has 0 unspecified atom stereocenters. The molecule has 0 saturated heterocycles. The fourth-order valence-electron chi connectivity index (χ4n) is 0.949. The molecule has 0 amide bonds. The summed E-state index contributed by atoms with van der Waals surface area (Å²) in [5.74, 6) is -0.322. The standard InChI is InChI=1S/C8H12N2O3/c1-4-5-9-6(8(11)12)7(13-5)10(2)3/h4H2,1-3H3,(H,11,12). The van der Waals surface area contributed by atoms with Crippen molar-refractivity contribution in [3.8, 4) is 0 Å². The van der Waals surface area contributed by atoms with Crippen molar-refractivity contribution in [2.24, 2.45) is 0 Å². The minimum Gasteiger partial charge on any atom is -0.476 e. The Morgan fingerprint density at radius 1 is 1.62 bits per heavy atom. The molecule has 1 N–H and O–H groups in total. The SMILES string of the molecule is CCc1nc(C(=O)O)c(N(C)C)o1. The molecule has 13 heavy (non-hydrogen) atoms. The number of rotatable bonds is 3. The molecule has 5 heteroatoms. The molecule has 0 bridgehead atoms. The van der Waals surface area contributed by atoms with Gasteiger partial charge in [0.25, 0.3) is 0 Å². The van der Waals surface area contributed by atoms with Gasteiger partial charge >= 0.3 is 5.97 Å². The molecule has 0 radical (unpaired) electrons. The zero-order chi connectivity index (χ0) is 10.0. The predicted molar refractivity (Wildman–Crippen MR) is 47.2 cm³/mol. The number of aromatic carboxylic acids is 1. The molecule has 0 spiro atoms. The van der Waals surface area contributed by atoms with E-state index in [1.165, 1.54) is 0 Å². The molecule has 72 valence electrons. The molecule has 0 fully saturated rings. The van der Waals surface area contributed by atoms with E-state index in [0.717, 1.165) is 0 Å². The van der Waals surface area contributed by atoms with Crippen molar-refractivity contribution in [2.75, 3.05) is 19.0 Å². The molecule has 0 aliphatic rings. The number of carbonyl (C=O) groups is 1. The first-order valence-electron chi connectivity index (χ1n) is 3.96. The number of oxazole rings is 1. The van der Waals surface area contributed by atoms with Crippen molar-refractivity contribution in [1.82, 2.24) is 4.98 Å². The number of hydrogen-bond donors (Lipinski definition) is 1. The van der Waals surface area contributed by atoms with Crippen molar-refractivity contribution in [1.29, 1.82) is 0 Å². The molecule has 0 atom stereocenters. The van der Waals surface area contributed by atoms with E-state index in [1.54, 1.807) is 19.0 Å². The lowest BCUT2D eigenvalue weighted by Crippen LogP contribution is -2.12. The van der Waals surface area contributed by atoms with Crippen LogP contribution in [-0.2, 0) is 6.42 Å². The Kier molecular flexibility index (Phi) is 2.55. The van der Waals surface area contributed by atoms with Crippen LogP contribution in [0.4, 0.5) is 5.88 Å². The zero-order valence-electron chi connectivity index (χ0n) is 7.87. The highest BCUT2D eigenvalue weighted by Crippen LogP contribution is 2.19. The van der Waals surface area contributed by atoms with Gasteiger partial charge in [0.15, 0.2) is 5.89 Å². The third-order valence-electron chi connectivity index (χ3n) is 1.56. The van der Waals surface area contributed by atoms with Gasteiger partial charge in [-0.1, -0.05) is 6.92 Å². The molecular weight excluding hydrogens is 172 g/mol. The lowest BCUT2D eigenvalue weighted by molar-refractivity contribution is 0.0691. The van der Waals surface area contributed by atoms with Crippen molar-refractivity contribution < 1.29 is 14.3 Å². The summed E-state index contributed by atoms with van der Waals surface area (Å²) in [6.45, 7) is 1.86. The quantitative estimate of drug-likeness (QED) is 0.759. The van der Waals surface area contributed by atoms with Crippen LogP contribution in [0.2, 0.25) is 0 Å². The molecule has 1 heterocycles. The van der Waals surface area contributed by atoms with Crippen molar-refractivity contribution in [3.05, 3.63) is 11.6 Å². The van der Waals surface area contributed by atoms with Gasteiger partial charge in [-0.2, -0.15) is 0 Å². The van der Waals surface area contributed by atoms with Crippen LogP contribution >= 0.6 is 0 Å². The van der Waals surface area contributed by atoms with Crippen LogP contribution in [0, 0.1) is 0 Å². The van der Waals surface area contributed by atoms with Gasteiger partial charge in [-0.05, 0) is 0 Å². The summed E-state index contributed by atoms with van der Waals surface area (Å²) in [5.41, 5.74) is -0.0261. The first-order valence-corrected chi connectivity index (χ1v) is 3.96. The van der Waals surface area contributed by atoms with E-state index in [0.29, 0.717) is 18.2 Å². The molecule has 1 rings (SSSR count). The van der Waals surface area contributed by atoms with Crippen LogP contribution < -0.4 is 4.90 Å². The van der Waals surface area contributed by atoms with E-state index in [-0.39, 0.29) is 5.69 Å². The maximum Gasteiger partial charge on any atom is 0.360 e. The Labute approximate surface area is 76.0 Å². The first-order chi connectivity index (χ1) is 6.06. The van der Waals surface area contributed by atoms with Gasteiger partial charge in [-0.3, -0.25) is 0 Å². The van der Waals surface area contributed by atoms with Gasteiger partial charge in [0, 0.05) is 20.5 Å². The number of anilines is 1. The van der Waals surface area contributed by atoms with E-state index in [9.17, 15) is 4.79 Å². The number of carboxylic acid groups (broad SMARTS) is 1. The van der Waals surface area contributed by atoms with Crippen LogP contribution in [0.15, 0.2) is 4.42 Å². The summed E-state index contributed by atoms with van der Waals surface area (Å²) in [4.78, 5) is 16.1. The van der Waals surface area contributed by atoms with Crippen LogP contribution in [0.3, 0.4) is 0 Å². The van der Waals surface area contributed by atoms with Crippen LogP contribution in [0.1, 0.15) is 23.3 Å². The molecule has 5 nitrogen and oxygen atoms in total. The second kappa shape index (κ2) is 3.47. The lowest BCUT2D eigenvalue weighted by atomic mass is 10.4. The molecular formula is C8H12N2O3. The van der Waals surface area contributed by atoms with E-state index < -0.39 is 5.97 Å². The van der Waals surface area contributed by atoms with Gasteiger partial charge in [-0.15, -0.1) is 0 Å². The Morgan fingerprint density at radius 3 is 2.54 bits per heavy atom. The summed E-state index contributed by atoms with van der Waals surface area (Å²) < 4.78 is 5.22. The highest BCUT2D eigenvalue weighted by Gasteiger charge is 2.19. The topological polar surface area (TPSA) is 66.6 Å². The van der Waals surface area contributed by atoms with Crippen molar-refractivity contribution in [3.63, 3.8) is 0 Å². The number of aryl methyl sites for hydroxylation is 1. The zero-order valence-corrected chi connectivity index (χ0v) is 7.87. The summed E-state index contributed by atoms with van der Waals surface area (Å²) in [6.07, 6.45) is 0.591. The molecule has 0 aromatic carbocycles. The summed E-state index contributed by atoms with van der Waals surface area (Å²) in [7, 11) is 3.43. The number of nitrogens with zero attached hydrogens (tertiary/aromatic N) is 2. The fourth-order valence-corrected chi connectivity index (χ4v) is 0.949. The Morgan fingerprint density at radius 2 is 2.23 bits per heavy atom. The van der Waals surface area contributed by atoms with Crippen LogP contribution in [0.25, 0.3) is 0 Å². The minimum absolute atomic E-state index is 0.0261. The number of carboxylic acids is 1. The van der Waals surface area contributed by atoms with Gasteiger partial charge in [0.1, 0.15) is 0 Å². The average molecular weight is 184 g/mol. The predicted octanol–water partition coefficient (Wildman–Crippen LogP) is 1.00. The molecule has 1 aromatic rings. The highest BCUT2D eigenvalue weighted by molar-refractivity contribution is 5.90. The molecule has 1 aromatic heterocycles. The number of hydrogen-bond acceptors (Lipinski definition) is 4. The highest BCUT2D eigenvalue weighted by atomic mass is 16.4. The largest absolute Gasteiger partial charge is 0.476 e. The summed E-state index contributed by atoms with van der Waals surface area (Å²) in [6, 6.07) is 0. The molecule has 0 saturated carbocycles. The fraction of sp³-hybridized carbons (Fsp3) is 0.500. The lowest BCUT2D eigenvalue weighted by Gasteiger charge is -2.07. The smallest absolute Gasteiger partial charge is 0.360 e. The average Bonchev–Trinajstić information content (AvgIpc) is 2.47. The van der Waals surface area contributed by atoms with Crippen molar-refractivity contribution in [2.45, 2.75) is 13.3 Å². The maximum atomic E-state index is 10.7. The van der Waals surface area contributed by atoms with Crippen LogP contribution in [-0.4, -0.2) is 30.2 Å². The van der Waals surface area contributed by atoms with Crippen molar-refractivity contribution >= 4 is 11.9 Å². The Bertz CT molecular complexity index is 317. The van der Waals surface area contributed by atoms with E-state index >= 15 is 0 Å². The third kappa shape index (κ3) is 1.80. The second-order valence-electron chi connectivity index (χ2n) is 2.81.